The van der Waals surface area contributed by atoms with Gasteiger partial charge in [0.15, 0.2) is 0 Å². The van der Waals surface area contributed by atoms with Gasteiger partial charge in [0.05, 0.1) is 7.11 Å². The zero-order chi connectivity index (χ0) is 12.8. The monoisotopic (exact) mass is 248 g/mol. The van der Waals surface area contributed by atoms with Crippen molar-refractivity contribution in [1.82, 2.24) is 10.3 Å². The molecular formula is C14H20N2O2. The molecule has 1 aromatic heterocycles. The summed E-state index contributed by atoms with van der Waals surface area (Å²) in [5, 5.41) is 2.98. The Labute approximate surface area is 108 Å². The van der Waals surface area contributed by atoms with E-state index in [4.69, 9.17) is 4.74 Å². The fourth-order valence-corrected chi connectivity index (χ4v) is 2.43. The molecule has 1 N–H and O–H groups in total. The second kappa shape index (κ2) is 6.38. The van der Waals surface area contributed by atoms with Crippen LogP contribution in [0.3, 0.4) is 0 Å². The van der Waals surface area contributed by atoms with Gasteiger partial charge < -0.3 is 10.1 Å². The summed E-state index contributed by atoms with van der Waals surface area (Å²) in [4.78, 5) is 16.1. The van der Waals surface area contributed by atoms with Crippen molar-refractivity contribution in [2.24, 2.45) is 5.92 Å². The van der Waals surface area contributed by atoms with Crippen LogP contribution in [0, 0.1) is 5.92 Å². The number of rotatable bonds is 4. The van der Waals surface area contributed by atoms with Crippen LogP contribution in [0.25, 0.3) is 0 Å². The van der Waals surface area contributed by atoms with E-state index in [1.165, 1.54) is 19.3 Å². The third-order valence-corrected chi connectivity index (χ3v) is 3.47. The van der Waals surface area contributed by atoms with Crippen molar-refractivity contribution < 1.29 is 9.53 Å². The average molecular weight is 248 g/mol. The Morgan fingerprint density at radius 2 is 2.22 bits per heavy atom. The number of ether oxygens (including phenoxy) is 1. The van der Waals surface area contributed by atoms with Crippen molar-refractivity contribution in [3.8, 4) is 5.88 Å². The van der Waals surface area contributed by atoms with Crippen LogP contribution < -0.4 is 10.1 Å². The van der Waals surface area contributed by atoms with Crippen LogP contribution in [-0.4, -0.2) is 18.0 Å². The van der Waals surface area contributed by atoms with E-state index in [-0.39, 0.29) is 11.8 Å². The highest BCUT2D eigenvalue weighted by molar-refractivity contribution is 5.78. The van der Waals surface area contributed by atoms with E-state index < -0.39 is 0 Å². The maximum atomic E-state index is 12.0. The molecule has 1 fully saturated rings. The van der Waals surface area contributed by atoms with E-state index in [1.807, 2.05) is 12.1 Å². The van der Waals surface area contributed by atoms with Crippen molar-refractivity contribution >= 4 is 5.91 Å². The first kappa shape index (κ1) is 12.9. The van der Waals surface area contributed by atoms with Crippen molar-refractivity contribution in [2.45, 2.75) is 38.6 Å². The largest absolute Gasteiger partial charge is 0.481 e. The predicted octanol–water partition coefficient (Wildman–Crippen LogP) is 2.29. The van der Waals surface area contributed by atoms with Crippen molar-refractivity contribution in [2.75, 3.05) is 7.11 Å². The lowest BCUT2D eigenvalue weighted by atomic mass is 9.88. The van der Waals surface area contributed by atoms with E-state index in [1.54, 1.807) is 13.3 Å². The predicted molar refractivity (Wildman–Crippen MR) is 69.2 cm³/mol. The van der Waals surface area contributed by atoms with Gasteiger partial charge in [-0.15, -0.1) is 0 Å². The molecule has 0 atom stereocenters. The van der Waals surface area contributed by atoms with E-state index in [0.29, 0.717) is 12.4 Å². The number of carbonyl (C=O) groups is 1. The highest BCUT2D eigenvalue weighted by Crippen LogP contribution is 2.23. The van der Waals surface area contributed by atoms with Crippen LogP contribution in [0.1, 0.15) is 37.7 Å². The molecule has 0 bridgehead atoms. The van der Waals surface area contributed by atoms with Gasteiger partial charge in [-0.2, -0.15) is 0 Å². The molecule has 0 spiro atoms. The third kappa shape index (κ3) is 3.22. The van der Waals surface area contributed by atoms with E-state index in [9.17, 15) is 4.79 Å². The van der Waals surface area contributed by atoms with Gasteiger partial charge in [-0.1, -0.05) is 25.3 Å². The molecule has 0 radical (unpaired) electrons. The van der Waals surface area contributed by atoms with Crippen molar-refractivity contribution in [1.29, 1.82) is 0 Å². The number of amides is 1. The fourth-order valence-electron chi connectivity index (χ4n) is 2.43. The number of aromatic nitrogens is 1. The highest BCUT2D eigenvalue weighted by atomic mass is 16.5. The zero-order valence-corrected chi connectivity index (χ0v) is 10.8. The molecule has 1 aliphatic carbocycles. The minimum absolute atomic E-state index is 0.167. The summed E-state index contributed by atoms with van der Waals surface area (Å²) in [6.45, 7) is 0.492. The summed E-state index contributed by atoms with van der Waals surface area (Å²) in [5.41, 5.74) is 0.921. The maximum absolute atomic E-state index is 12.0. The van der Waals surface area contributed by atoms with Gasteiger partial charge in [0.2, 0.25) is 11.8 Å². The molecular weight excluding hydrogens is 228 g/mol. The quantitative estimate of drug-likeness (QED) is 0.889. The molecule has 2 rings (SSSR count). The molecule has 1 aromatic rings. The third-order valence-electron chi connectivity index (χ3n) is 3.47. The van der Waals surface area contributed by atoms with Gasteiger partial charge in [-0.05, 0) is 18.9 Å². The maximum Gasteiger partial charge on any atom is 0.223 e. The summed E-state index contributed by atoms with van der Waals surface area (Å²) < 4.78 is 5.16. The minimum Gasteiger partial charge on any atom is -0.481 e. The summed E-state index contributed by atoms with van der Waals surface area (Å²) in [6.07, 6.45) is 7.35. The van der Waals surface area contributed by atoms with Crippen LogP contribution >= 0.6 is 0 Å². The number of carbonyl (C=O) groups excluding carboxylic acids is 1. The van der Waals surface area contributed by atoms with Gasteiger partial charge in [-0.25, -0.2) is 4.98 Å². The number of hydrogen-bond donors (Lipinski definition) is 1. The molecule has 1 aliphatic rings. The SMILES string of the molecule is COc1ncccc1CNC(=O)C1CCCCC1. The normalized spacial score (nSPS) is 16.3. The van der Waals surface area contributed by atoms with Gasteiger partial charge in [0, 0.05) is 24.2 Å². The van der Waals surface area contributed by atoms with Crippen LogP contribution in [0.15, 0.2) is 18.3 Å². The van der Waals surface area contributed by atoms with E-state index in [2.05, 4.69) is 10.3 Å². The lowest BCUT2D eigenvalue weighted by Gasteiger charge is -2.20. The lowest BCUT2D eigenvalue weighted by molar-refractivity contribution is -0.126. The Bertz CT molecular complexity index is 401. The second-order valence-electron chi connectivity index (χ2n) is 4.72. The number of nitrogens with zero attached hydrogens (tertiary/aromatic N) is 1. The standard InChI is InChI=1S/C14H20N2O2/c1-18-14-12(8-5-9-15-14)10-16-13(17)11-6-3-2-4-7-11/h5,8-9,11H,2-4,6-7,10H2,1H3,(H,16,17). The molecule has 1 amide bonds. The molecule has 4 heteroatoms. The summed E-state index contributed by atoms with van der Waals surface area (Å²) in [7, 11) is 1.59. The van der Waals surface area contributed by atoms with Gasteiger partial charge in [0.1, 0.15) is 0 Å². The second-order valence-corrected chi connectivity index (χ2v) is 4.72. The van der Waals surface area contributed by atoms with Crippen molar-refractivity contribution in [3.63, 3.8) is 0 Å². The van der Waals surface area contributed by atoms with Crippen LogP contribution in [-0.2, 0) is 11.3 Å². The zero-order valence-electron chi connectivity index (χ0n) is 10.8. The van der Waals surface area contributed by atoms with Gasteiger partial charge >= 0.3 is 0 Å². The molecule has 4 nitrogen and oxygen atoms in total. The first-order chi connectivity index (χ1) is 8.81. The molecule has 0 aliphatic heterocycles. The first-order valence-electron chi connectivity index (χ1n) is 6.57. The van der Waals surface area contributed by atoms with E-state index >= 15 is 0 Å². The van der Waals surface area contributed by atoms with Gasteiger partial charge in [-0.3, -0.25) is 4.79 Å². The Hall–Kier alpha value is -1.58. The van der Waals surface area contributed by atoms with Crippen LogP contribution in [0.4, 0.5) is 0 Å². The molecule has 1 heterocycles. The molecule has 98 valence electrons. The molecule has 0 saturated heterocycles. The Kier molecular flexibility index (Phi) is 4.56. The number of methoxy groups -OCH3 is 1. The number of pyridine rings is 1. The summed E-state index contributed by atoms with van der Waals surface area (Å²) >= 11 is 0. The Morgan fingerprint density at radius 1 is 1.44 bits per heavy atom. The molecule has 0 unspecified atom stereocenters. The van der Waals surface area contributed by atoms with Gasteiger partial charge in [0.25, 0.3) is 0 Å². The number of nitrogens with one attached hydrogen (secondary N) is 1. The minimum atomic E-state index is 0.167. The molecule has 18 heavy (non-hydrogen) atoms. The average Bonchev–Trinajstić information content (AvgIpc) is 2.46. The highest BCUT2D eigenvalue weighted by Gasteiger charge is 2.20. The molecule has 0 aromatic carbocycles. The number of hydrogen-bond acceptors (Lipinski definition) is 3. The van der Waals surface area contributed by atoms with Crippen LogP contribution in [0.2, 0.25) is 0 Å². The smallest absolute Gasteiger partial charge is 0.223 e. The molecule has 1 saturated carbocycles. The Balaban J connectivity index is 1.88. The van der Waals surface area contributed by atoms with Crippen LogP contribution in [0.5, 0.6) is 5.88 Å². The summed E-state index contributed by atoms with van der Waals surface area (Å²) in [6, 6.07) is 3.78. The lowest BCUT2D eigenvalue weighted by Crippen LogP contribution is -2.31. The Morgan fingerprint density at radius 3 is 2.94 bits per heavy atom. The van der Waals surface area contributed by atoms with Crippen molar-refractivity contribution in [3.05, 3.63) is 23.9 Å². The first-order valence-corrected chi connectivity index (χ1v) is 6.57. The van der Waals surface area contributed by atoms with E-state index in [0.717, 1.165) is 18.4 Å². The summed E-state index contributed by atoms with van der Waals surface area (Å²) in [5.74, 6) is 0.948. The fraction of sp³-hybridized carbons (Fsp3) is 0.571. The topological polar surface area (TPSA) is 51.2 Å².